The molecule has 0 aliphatic heterocycles. The minimum absolute atomic E-state index is 0.161. The van der Waals surface area contributed by atoms with E-state index in [9.17, 15) is 0 Å². The van der Waals surface area contributed by atoms with Gasteiger partial charge in [-0.05, 0) is 51.1 Å². The third kappa shape index (κ3) is 3.47. The Kier molecular flexibility index (Phi) is 4.61. The van der Waals surface area contributed by atoms with E-state index in [1.165, 1.54) is 11.1 Å². The number of nitrogens with one attached hydrogen (secondary N) is 1. The van der Waals surface area contributed by atoms with Gasteiger partial charge in [-0.15, -0.1) is 0 Å². The van der Waals surface area contributed by atoms with E-state index >= 15 is 0 Å². The first-order valence-corrected chi connectivity index (χ1v) is 7.59. The van der Waals surface area contributed by atoms with Crippen molar-refractivity contribution < 1.29 is 0 Å². The lowest BCUT2D eigenvalue weighted by Crippen LogP contribution is -2.18. The molecule has 2 aromatic rings. The van der Waals surface area contributed by atoms with E-state index in [1.54, 1.807) is 6.20 Å². The normalized spacial score (nSPS) is 13.2. The van der Waals surface area contributed by atoms with Crippen molar-refractivity contribution in [1.29, 1.82) is 0 Å². The van der Waals surface area contributed by atoms with Crippen LogP contribution in [0.3, 0.4) is 0 Å². The molecule has 2 rings (SSSR count). The minimum Gasteiger partial charge on any atom is -0.309 e. The molecule has 0 aliphatic rings. The molecule has 1 unspecified atom stereocenters. The lowest BCUT2D eigenvalue weighted by molar-refractivity contribution is 0.589. The second-order valence-electron chi connectivity index (χ2n) is 6.03. The van der Waals surface area contributed by atoms with E-state index in [-0.39, 0.29) is 11.5 Å². The van der Waals surface area contributed by atoms with Crippen LogP contribution in [0, 0.1) is 0 Å². The summed E-state index contributed by atoms with van der Waals surface area (Å²) < 4.78 is 1.00. The van der Waals surface area contributed by atoms with E-state index in [4.69, 9.17) is 0 Å². The largest absolute Gasteiger partial charge is 0.309 e. The zero-order valence-corrected chi connectivity index (χ0v) is 14.0. The fourth-order valence-corrected chi connectivity index (χ4v) is 2.67. The van der Waals surface area contributed by atoms with Crippen LogP contribution in [0.1, 0.15) is 43.5 Å². The van der Waals surface area contributed by atoms with Gasteiger partial charge >= 0.3 is 0 Å². The molecule has 20 heavy (non-hydrogen) atoms. The van der Waals surface area contributed by atoms with Gasteiger partial charge < -0.3 is 5.32 Å². The van der Waals surface area contributed by atoms with Gasteiger partial charge in [0, 0.05) is 16.9 Å². The molecule has 2 nitrogen and oxygen atoms in total. The average molecular weight is 333 g/mol. The fraction of sp³-hybridized carbons (Fsp3) is 0.353. The molecule has 106 valence electrons. The van der Waals surface area contributed by atoms with Crippen LogP contribution in [0.25, 0.3) is 0 Å². The summed E-state index contributed by atoms with van der Waals surface area (Å²) in [4.78, 5) is 4.25. The number of rotatable bonds is 3. The molecule has 0 aliphatic carbocycles. The minimum atomic E-state index is 0.161. The smallest absolute Gasteiger partial charge is 0.0589 e. The standard InChI is InChI=1S/C17H21BrN2/c1-17(2,3)14-7-5-12(6-8-14)16(19-4)13-9-15(18)11-20-10-13/h5-11,16,19H,1-4H3. The maximum absolute atomic E-state index is 4.25. The Morgan fingerprint density at radius 1 is 1.05 bits per heavy atom. The van der Waals surface area contributed by atoms with Crippen molar-refractivity contribution in [3.05, 3.63) is 63.9 Å². The van der Waals surface area contributed by atoms with Gasteiger partial charge in [0.1, 0.15) is 0 Å². The zero-order valence-electron chi connectivity index (χ0n) is 12.4. The van der Waals surface area contributed by atoms with Crippen molar-refractivity contribution in [2.75, 3.05) is 7.05 Å². The van der Waals surface area contributed by atoms with Gasteiger partial charge in [0.25, 0.3) is 0 Å². The van der Waals surface area contributed by atoms with Crippen molar-refractivity contribution in [2.24, 2.45) is 0 Å². The number of hydrogen-bond donors (Lipinski definition) is 1. The SMILES string of the molecule is CNC(c1ccc(C(C)(C)C)cc1)c1cncc(Br)c1. The Hall–Kier alpha value is -1.19. The molecule has 0 saturated heterocycles. The zero-order chi connectivity index (χ0) is 14.8. The molecule has 0 saturated carbocycles. The average Bonchev–Trinajstić information content (AvgIpc) is 2.39. The van der Waals surface area contributed by atoms with Gasteiger partial charge in [-0.2, -0.15) is 0 Å². The molecule has 1 aromatic heterocycles. The molecule has 1 aromatic carbocycles. The van der Waals surface area contributed by atoms with Crippen molar-refractivity contribution in [3.63, 3.8) is 0 Å². The van der Waals surface area contributed by atoms with E-state index in [0.29, 0.717) is 0 Å². The van der Waals surface area contributed by atoms with Crippen LogP contribution in [-0.4, -0.2) is 12.0 Å². The van der Waals surface area contributed by atoms with Crippen LogP contribution in [0.5, 0.6) is 0 Å². The van der Waals surface area contributed by atoms with Crippen molar-refractivity contribution in [2.45, 2.75) is 32.2 Å². The number of pyridine rings is 1. The maximum Gasteiger partial charge on any atom is 0.0589 e. The molecular formula is C17H21BrN2. The Morgan fingerprint density at radius 3 is 2.20 bits per heavy atom. The summed E-state index contributed by atoms with van der Waals surface area (Å²) in [5.41, 5.74) is 3.94. The van der Waals surface area contributed by atoms with Crippen LogP contribution in [0.15, 0.2) is 47.2 Å². The Balaban J connectivity index is 2.33. The summed E-state index contributed by atoms with van der Waals surface area (Å²) in [6.45, 7) is 6.70. The second kappa shape index (κ2) is 6.06. The van der Waals surface area contributed by atoms with Crippen LogP contribution in [-0.2, 0) is 5.41 Å². The van der Waals surface area contributed by atoms with Crippen molar-refractivity contribution in [1.82, 2.24) is 10.3 Å². The van der Waals surface area contributed by atoms with Crippen LogP contribution in [0.4, 0.5) is 0 Å². The van der Waals surface area contributed by atoms with Crippen molar-refractivity contribution in [3.8, 4) is 0 Å². The fourth-order valence-electron chi connectivity index (χ4n) is 2.29. The van der Waals surface area contributed by atoms with Crippen LogP contribution >= 0.6 is 15.9 Å². The Morgan fingerprint density at radius 2 is 1.70 bits per heavy atom. The topological polar surface area (TPSA) is 24.9 Å². The van der Waals surface area contributed by atoms with E-state index in [0.717, 1.165) is 10.0 Å². The molecule has 0 fully saturated rings. The number of nitrogens with zero attached hydrogens (tertiary/aromatic N) is 1. The maximum atomic E-state index is 4.25. The second-order valence-corrected chi connectivity index (χ2v) is 6.95. The first-order chi connectivity index (χ1) is 9.41. The number of halogens is 1. The first-order valence-electron chi connectivity index (χ1n) is 6.80. The molecule has 0 radical (unpaired) electrons. The van der Waals surface area contributed by atoms with Gasteiger partial charge in [0.15, 0.2) is 0 Å². The third-order valence-electron chi connectivity index (χ3n) is 3.46. The lowest BCUT2D eigenvalue weighted by Gasteiger charge is -2.21. The highest BCUT2D eigenvalue weighted by Crippen LogP contribution is 2.27. The van der Waals surface area contributed by atoms with Crippen molar-refractivity contribution >= 4 is 15.9 Å². The van der Waals surface area contributed by atoms with Gasteiger partial charge in [0.2, 0.25) is 0 Å². The van der Waals surface area contributed by atoms with Gasteiger partial charge in [0.05, 0.1) is 6.04 Å². The molecule has 0 bridgehead atoms. The van der Waals surface area contributed by atoms with Gasteiger partial charge in [-0.1, -0.05) is 45.0 Å². The summed E-state index contributed by atoms with van der Waals surface area (Å²) in [6.07, 6.45) is 3.71. The van der Waals surface area contributed by atoms with Gasteiger partial charge in [-0.3, -0.25) is 4.98 Å². The molecule has 1 atom stereocenters. The first kappa shape index (κ1) is 15.2. The predicted molar refractivity (Wildman–Crippen MR) is 88.0 cm³/mol. The molecule has 1 N–H and O–H groups in total. The quantitative estimate of drug-likeness (QED) is 0.898. The summed E-state index contributed by atoms with van der Waals surface area (Å²) >= 11 is 3.48. The summed E-state index contributed by atoms with van der Waals surface area (Å²) in [5, 5.41) is 3.36. The van der Waals surface area contributed by atoms with E-state index in [1.807, 2.05) is 13.2 Å². The summed E-state index contributed by atoms with van der Waals surface area (Å²) in [6, 6.07) is 11.1. The predicted octanol–water partition coefficient (Wildman–Crippen LogP) is 4.45. The molecule has 3 heteroatoms. The summed E-state index contributed by atoms with van der Waals surface area (Å²) in [7, 11) is 1.98. The Bertz CT molecular complexity index is 570. The highest BCUT2D eigenvalue weighted by Gasteiger charge is 2.16. The number of benzene rings is 1. The van der Waals surface area contributed by atoms with Crippen LogP contribution < -0.4 is 5.32 Å². The van der Waals surface area contributed by atoms with E-state index in [2.05, 4.69) is 77.3 Å². The molecule has 0 amide bonds. The molecule has 0 spiro atoms. The lowest BCUT2D eigenvalue weighted by atomic mass is 9.86. The monoisotopic (exact) mass is 332 g/mol. The molecule has 1 heterocycles. The molecular weight excluding hydrogens is 312 g/mol. The highest BCUT2D eigenvalue weighted by atomic mass is 79.9. The van der Waals surface area contributed by atoms with E-state index < -0.39 is 0 Å². The third-order valence-corrected chi connectivity index (χ3v) is 3.89. The number of hydrogen-bond acceptors (Lipinski definition) is 2. The Labute approximate surface area is 129 Å². The number of aromatic nitrogens is 1. The van der Waals surface area contributed by atoms with Crippen LogP contribution in [0.2, 0.25) is 0 Å². The highest BCUT2D eigenvalue weighted by molar-refractivity contribution is 9.10. The van der Waals surface area contributed by atoms with Gasteiger partial charge in [-0.25, -0.2) is 0 Å². The summed E-state index contributed by atoms with van der Waals surface area (Å²) in [5.74, 6) is 0.